The smallest absolute Gasteiger partial charge is 0.110 e. The monoisotopic (exact) mass is 219 g/mol. The molecule has 0 aromatic carbocycles. The van der Waals surface area contributed by atoms with Gasteiger partial charge in [0.25, 0.3) is 0 Å². The van der Waals surface area contributed by atoms with Crippen molar-refractivity contribution in [2.75, 3.05) is 0 Å². The Kier molecular flexibility index (Phi) is 2.83. The number of H-pyrrole nitrogens is 1. The molecule has 0 aliphatic heterocycles. The summed E-state index contributed by atoms with van der Waals surface area (Å²) >= 11 is 0. The fourth-order valence-corrected chi connectivity index (χ4v) is 1.81. The first-order valence-electron chi connectivity index (χ1n) is 5.43. The molecule has 0 fully saturated rings. The van der Waals surface area contributed by atoms with Crippen molar-refractivity contribution in [3.8, 4) is 11.3 Å². The molecule has 2 aromatic heterocycles. The third-order valence-corrected chi connectivity index (χ3v) is 2.47. The van der Waals surface area contributed by atoms with Crippen molar-refractivity contribution in [2.45, 2.75) is 33.2 Å². The summed E-state index contributed by atoms with van der Waals surface area (Å²) in [6, 6.07) is 2.13. The maximum absolute atomic E-state index is 5.73. The van der Waals surface area contributed by atoms with E-state index in [1.165, 1.54) is 0 Å². The summed E-state index contributed by atoms with van der Waals surface area (Å²) in [6.45, 7) is 5.86. The van der Waals surface area contributed by atoms with Crippen molar-refractivity contribution in [1.82, 2.24) is 9.97 Å². The van der Waals surface area contributed by atoms with Crippen molar-refractivity contribution in [3.63, 3.8) is 0 Å². The zero-order valence-electron chi connectivity index (χ0n) is 9.87. The quantitative estimate of drug-likeness (QED) is 0.831. The molecule has 0 spiro atoms. The number of aryl methyl sites for hydroxylation is 2. The molecule has 3 N–H and O–H groups in total. The maximum atomic E-state index is 5.73. The van der Waals surface area contributed by atoms with E-state index in [-0.39, 0.29) is 6.04 Å². The van der Waals surface area contributed by atoms with E-state index in [1.807, 2.05) is 33.0 Å². The van der Waals surface area contributed by atoms with Crippen LogP contribution in [0.3, 0.4) is 0 Å². The predicted molar refractivity (Wildman–Crippen MR) is 63.1 cm³/mol. The Morgan fingerprint density at radius 1 is 1.50 bits per heavy atom. The second-order valence-corrected chi connectivity index (χ2v) is 4.25. The second kappa shape index (κ2) is 4.14. The number of hydrogen-bond acceptors (Lipinski definition) is 3. The van der Waals surface area contributed by atoms with Crippen LogP contribution >= 0.6 is 0 Å². The van der Waals surface area contributed by atoms with Gasteiger partial charge in [0.2, 0.25) is 0 Å². The van der Waals surface area contributed by atoms with Crippen LogP contribution in [0.15, 0.2) is 16.7 Å². The molecule has 0 bridgehead atoms. The molecule has 4 heteroatoms. The number of imidazole rings is 1. The Morgan fingerprint density at radius 2 is 2.25 bits per heavy atom. The summed E-state index contributed by atoms with van der Waals surface area (Å²) in [5, 5.41) is 0. The molecule has 2 rings (SSSR count). The second-order valence-electron chi connectivity index (χ2n) is 4.25. The average Bonchev–Trinajstić information content (AvgIpc) is 2.72. The Balaban J connectivity index is 2.28. The van der Waals surface area contributed by atoms with E-state index in [9.17, 15) is 0 Å². The van der Waals surface area contributed by atoms with E-state index >= 15 is 0 Å². The summed E-state index contributed by atoms with van der Waals surface area (Å²) in [7, 11) is 0. The lowest BCUT2D eigenvalue weighted by Crippen LogP contribution is -2.18. The molecule has 2 aromatic rings. The summed E-state index contributed by atoms with van der Waals surface area (Å²) in [6.07, 6.45) is 2.59. The Labute approximate surface area is 94.9 Å². The van der Waals surface area contributed by atoms with Crippen LogP contribution in [0.2, 0.25) is 0 Å². The van der Waals surface area contributed by atoms with Crippen LogP contribution in [0.25, 0.3) is 11.3 Å². The normalized spacial score (nSPS) is 13.0. The molecule has 0 saturated carbocycles. The maximum Gasteiger partial charge on any atom is 0.110 e. The minimum Gasteiger partial charge on any atom is -0.466 e. The number of nitrogens with zero attached hydrogens (tertiary/aromatic N) is 1. The van der Waals surface area contributed by atoms with E-state index in [4.69, 9.17) is 10.2 Å². The van der Waals surface area contributed by atoms with Gasteiger partial charge in [0.1, 0.15) is 17.3 Å². The predicted octanol–water partition coefficient (Wildman–Crippen LogP) is 2.18. The SMILES string of the molecule is Cc1cc(-c2cnc(CC(C)N)[nH]2)c(C)o1. The third-order valence-electron chi connectivity index (χ3n) is 2.47. The topological polar surface area (TPSA) is 67.8 Å². The largest absolute Gasteiger partial charge is 0.466 e. The van der Waals surface area contributed by atoms with Gasteiger partial charge in [0.15, 0.2) is 0 Å². The highest BCUT2D eigenvalue weighted by molar-refractivity contribution is 5.61. The first-order valence-corrected chi connectivity index (χ1v) is 5.43. The summed E-state index contributed by atoms with van der Waals surface area (Å²) in [4.78, 5) is 7.57. The van der Waals surface area contributed by atoms with E-state index in [2.05, 4.69) is 9.97 Å². The molecule has 4 nitrogen and oxygen atoms in total. The summed E-state index contributed by atoms with van der Waals surface area (Å²) in [5.74, 6) is 2.74. The molecule has 0 saturated heterocycles. The molecule has 0 amide bonds. The molecular weight excluding hydrogens is 202 g/mol. The van der Waals surface area contributed by atoms with Gasteiger partial charge >= 0.3 is 0 Å². The lowest BCUT2D eigenvalue weighted by Gasteiger charge is -2.00. The minimum atomic E-state index is 0.117. The van der Waals surface area contributed by atoms with Crippen LogP contribution in [0.4, 0.5) is 0 Å². The number of nitrogens with one attached hydrogen (secondary N) is 1. The van der Waals surface area contributed by atoms with Gasteiger partial charge in [-0.1, -0.05) is 0 Å². The van der Waals surface area contributed by atoms with E-state index in [0.29, 0.717) is 0 Å². The van der Waals surface area contributed by atoms with Gasteiger partial charge in [-0.15, -0.1) is 0 Å². The fraction of sp³-hybridized carbons (Fsp3) is 0.417. The van der Waals surface area contributed by atoms with Crippen molar-refractivity contribution in [3.05, 3.63) is 29.6 Å². The molecule has 1 unspecified atom stereocenters. The molecular formula is C12H17N3O. The van der Waals surface area contributed by atoms with Gasteiger partial charge in [-0.2, -0.15) is 0 Å². The Bertz CT molecular complexity index is 482. The van der Waals surface area contributed by atoms with Crippen LogP contribution in [-0.2, 0) is 6.42 Å². The fourth-order valence-electron chi connectivity index (χ4n) is 1.81. The zero-order chi connectivity index (χ0) is 11.7. The van der Waals surface area contributed by atoms with E-state index in [1.54, 1.807) is 0 Å². The van der Waals surface area contributed by atoms with E-state index in [0.717, 1.165) is 35.0 Å². The van der Waals surface area contributed by atoms with Crippen LogP contribution in [0.1, 0.15) is 24.3 Å². The van der Waals surface area contributed by atoms with Gasteiger partial charge in [0.05, 0.1) is 11.9 Å². The average molecular weight is 219 g/mol. The molecule has 16 heavy (non-hydrogen) atoms. The lowest BCUT2D eigenvalue weighted by molar-refractivity contribution is 0.505. The minimum absolute atomic E-state index is 0.117. The number of nitrogens with two attached hydrogens (primary N) is 1. The number of furan rings is 1. The van der Waals surface area contributed by atoms with Gasteiger partial charge in [-0.05, 0) is 26.8 Å². The van der Waals surface area contributed by atoms with Gasteiger partial charge in [0, 0.05) is 18.0 Å². The summed E-state index contributed by atoms with van der Waals surface area (Å²) in [5.41, 5.74) is 7.79. The Hall–Kier alpha value is -1.55. The molecule has 0 radical (unpaired) electrons. The van der Waals surface area contributed by atoms with Crippen LogP contribution in [-0.4, -0.2) is 16.0 Å². The number of aromatic nitrogens is 2. The van der Waals surface area contributed by atoms with E-state index < -0.39 is 0 Å². The first-order chi connectivity index (χ1) is 7.56. The van der Waals surface area contributed by atoms with Crippen LogP contribution in [0, 0.1) is 13.8 Å². The third kappa shape index (κ3) is 2.17. The van der Waals surface area contributed by atoms with Gasteiger partial charge < -0.3 is 15.1 Å². The molecule has 1 atom stereocenters. The highest BCUT2D eigenvalue weighted by Gasteiger charge is 2.10. The lowest BCUT2D eigenvalue weighted by atomic mass is 10.2. The van der Waals surface area contributed by atoms with Crippen molar-refractivity contribution >= 4 is 0 Å². The highest BCUT2D eigenvalue weighted by Crippen LogP contribution is 2.24. The van der Waals surface area contributed by atoms with Crippen LogP contribution in [0.5, 0.6) is 0 Å². The molecule has 2 heterocycles. The van der Waals surface area contributed by atoms with Gasteiger partial charge in [-0.3, -0.25) is 0 Å². The standard InChI is InChI=1S/C12H17N3O/c1-7(13)4-12-14-6-11(15-12)10-5-8(2)16-9(10)3/h5-7H,4,13H2,1-3H3,(H,14,15). The number of rotatable bonds is 3. The molecule has 0 aliphatic carbocycles. The van der Waals surface area contributed by atoms with Crippen molar-refractivity contribution in [1.29, 1.82) is 0 Å². The van der Waals surface area contributed by atoms with Crippen molar-refractivity contribution < 1.29 is 4.42 Å². The Morgan fingerprint density at radius 3 is 2.81 bits per heavy atom. The number of hydrogen-bond donors (Lipinski definition) is 2. The van der Waals surface area contributed by atoms with Gasteiger partial charge in [-0.25, -0.2) is 4.98 Å². The summed E-state index contributed by atoms with van der Waals surface area (Å²) < 4.78 is 5.49. The first kappa shape index (κ1) is 11.0. The van der Waals surface area contributed by atoms with Crippen LogP contribution < -0.4 is 5.73 Å². The zero-order valence-corrected chi connectivity index (χ0v) is 9.87. The van der Waals surface area contributed by atoms with Crippen molar-refractivity contribution in [2.24, 2.45) is 5.73 Å². The highest BCUT2D eigenvalue weighted by atomic mass is 16.3. The molecule has 0 aliphatic rings. The molecule has 86 valence electrons. The number of aromatic amines is 1.